The van der Waals surface area contributed by atoms with Gasteiger partial charge >= 0.3 is 0 Å². The first-order chi connectivity index (χ1) is 8.63. The molecule has 2 aliphatic carbocycles. The third kappa shape index (κ3) is 1.25. The van der Waals surface area contributed by atoms with Crippen molar-refractivity contribution < 1.29 is 9.90 Å². The van der Waals surface area contributed by atoms with Gasteiger partial charge < -0.3 is 10.0 Å². The van der Waals surface area contributed by atoms with E-state index in [1.165, 1.54) is 0 Å². The number of likely N-dealkylation sites (tertiary alicyclic amines) is 1. The van der Waals surface area contributed by atoms with Crippen LogP contribution >= 0.6 is 0 Å². The van der Waals surface area contributed by atoms with E-state index in [0.29, 0.717) is 24.8 Å². The second-order valence-corrected chi connectivity index (χ2v) is 5.61. The van der Waals surface area contributed by atoms with E-state index in [2.05, 4.69) is 25.3 Å². The van der Waals surface area contributed by atoms with Crippen molar-refractivity contribution in [1.82, 2.24) is 4.90 Å². The van der Waals surface area contributed by atoms with Crippen LogP contribution in [0.15, 0.2) is 37.5 Å². The lowest BCUT2D eigenvalue weighted by molar-refractivity contribution is -0.150. The Hall–Kier alpha value is -1.35. The SMILES string of the molecule is C=CCN1C(=O)[C@@H]2[C@@H]([C@H]3C=C[C@@H]2C3)[C@]1(O)CC=C. The predicted molar refractivity (Wildman–Crippen MR) is 69.4 cm³/mol. The van der Waals surface area contributed by atoms with Crippen molar-refractivity contribution in [2.75, 3.05) is 6.54 Å². The number of allylic oxidation sites excluding steroid dienone is 2. The van der Waals surface area contributed by atoms with Crippen molar-refractivity contribution >= 4 is 5.91 Å². The molecule has 1 saturated heterocycles. The molecular formula is C15H19NO2. The second-order valence-electron chi connectivity index (χ2n) is 5.61. The lowest BCUT2D eigenvalue weighted by atomic mass is 9.78. The summed E-state index contributed by atoms with van der Waals surface area (Å²) in [7, 11) is 0. The third-order valence-electron chi connectivity index (χ3n) is 4.77. The van der Waals surface area contributed by atoms with E-state index < -0.39 is 5.72 Å². The van der Waals surface area contributed by atoms with E-state index in [1.807, 2.05) is 0 Å². The summed E-state index contributed by atoms with van der Waals surface area (Å²) in [6.07, 6.45) is 9.16. The van der Waals surface area contributed by atoms with Crippen molar-refractivity contribution in [2.24, 2.45) is 23.7 Å². The summed E-state index contributed by atoms with van der Waals surface area (Å²) in [5.41, 5.74) is -1.07. The van der Waals surface area contributed by atoms with Gasteiger partial charge in [0.15, 0.2) is 0 Å². The molecule has 0 aromatic heterocycles. The molecule has 0 aromatic rings. The zero-order valence-corrected chi connectivity index (χ0v) is 10.5. The van der Waals surface area contributed by atoms with Gasteiger partial charge in [0, 0.05) is 18.9 Å². The first kappa shape index (κ1) is 11.7. The number of carbonyl (C=O) groups is 1. The minimum Gasteiger partial charge on any atom is -0.370 e. The van der Waals surface area contributed by atoms with E-state index in [-0.39, 0.29) is 17.7 Å². The zero-order valence-electron chi connectivity index (χ0n) is 10.5. The quantitative estimate of drug-likeness (QED) is 0.766. The van der Waals surface area contributed by atoms with Crippen LogP contribution in [0, 0.1) is 23.7 Å². The number of nitrogens with zero attached hydrogens (tertiary/aromatic N) is 1. The molecule has 3 aliphatic rings. The highest BCUT2D eigenvalue weighted by molar-refractivity contribution is 5.84. The smallest absolute Gasteiger partial charge is 0.229 e. The van der Waals surface area contributed by atoms with Crippen molar-refractivity contribution in [2.45, 2.75) is 18.6 Å². The maximum Gasteiger partial charge on any atom is 0.229 e. The molecule has 1 N–H and O–H groups in total. The molecule has 0 radical (unpaired) electrons. The molecule has 2 bridgehead atoms. The lowest BCUT2D eigenvalue weighted by Crippen LogP contribution is -2.50. The largest absolute Gasteiger partial charge is 0.370 e. The van der Waals surface area contributed by atoms with Crippen LogP contribution in [-0.2, 0) is 4.79 Å². The molecule has 96 valence electrons. The number of hydrogen-bond donors (Lipinski definition) is 1. The van der Waals surface area contributed by atoms with Gasteiger partial charge in [0.05, 0.1) is 5.92 Å². The molecule has 0 spiro atoms. The highest BCUT2D eigenvalue weighted by atomic mass is 16.3. The fourth-order valence-corrected chi connectivity index (χ4v) is 4.18. The summed E-state index contributed by atoms with van der Waals surface area (Å²) >= 11 is 0. The van der Waals surface area contributed by atoms with E-state index >= 15 is 0 Å². The molecule has 2 fully saturated rings. The lowest BCUT2D eigenvalue weighted by Gasteiger charge is -2.38. The van der Waals surface area contributed by atoms with Crippen LogP contribution in [0.3, 0.4) is 0 Å². The molecule has 0 unspecified atom stereocenters. The number of carbonyl (C=O) groups excluding carboxylic acids is 1. The van der Waals surface area contributed by atoms with Crippen LogP contribution in [0.1, 0.15) is 12.8 Å². The number of aliphatic hydroxyl groups is 1. The van der Waals surface area contributed by atoms with Crippen LogP contribution in [0.5, 0.6) is 0 Å². The third-order valence-corrected chi connectivity index (χ3v) is 4.77. The fourth-order valence-electron chi connectivity index (χ4n) is 4.18. The van der Waals surface area contributed by atoms with Crippen molar-refractivity contribution in [1.29, 1.82) is 0 Å². The van der Waals surface area contributed by atoms with E-state index in [1.54, 1.807) is 17.1 Å². The molecule has 1 heterocycles. The Morgan fingerprint density at radius 1 is 1.39 bits per heavy atom. The molecule has 0 aromatic carbocycles. The van der Waals surface area contributed by atoms with Crippen molar-refractivity contribution in [3.05, 3.63) is 37.5 Å². The Morgan fingerprint density at radius 2 is 2.11 bits per heavy atom. The first-order valence-corrected chi connectivity index (χ1v) is 6.57. The molecule has 3 nitrogen and oxygen atoms in total. The van der Waals surface area contributed by atoms with E-state index in [9.17, 15) is 9.90 Å². The van der Waals surface area contributed by atoms with Gasteiger partial charge in [-0.2, -0.15) is 0 Å². The Labute approximate surface area is 107 Å². The van der Waals surface area contributed by atoms with Crippen LogP contribution in [0.25, 0.3) is 0 Å². The van der Waals surface area contributed by atoms with E-state index in [4.69, 9.17) is 0 Å². The minimum atomic E-state index is -1.07. The fraction of sp³-hybridized carbons (Fsp3) is 0.533. The van der Waals surface area contributed by atoms with Crippen LogP contribution < -0.4 is 0 Å². The average molecular weight is 245 g/mol. The predicted octanol–water partition coefficient (Wildman–Crippen LogP) is 1.72. The number of rotatable bonds is 4. The van der Waals surface area contributed by atoms with Gasteiger partial charge in [0.2, 0.25) is 5.91 Å². The van der Waals surface area contributed by atoms with Crippen molar-refractivity contribution in [3.8, 4) is 0 Å². The van der Waals surface area contributed by atoms with E-state index in [0.717, 1.165) is 6.42 Å². The highest BCUT2D eigenvalue weighted by Crippen LogP contribution is 2.58. The number of hydrogen-bond acceptors (Lipinski definition) is 2. The van der Waals surface area contributed by atoms with Gasteiger partial charge in [0.1, 0.15) is 5.72 Å². The highest BCUT2D eigenvalue weighted by Gasteiger charge is 2.65. The standard InChI is InChI=1S/C15H19NO2/c1-3-7-15(18)13-11-6-5-10(9-11)12(13)14(17)16(15)8-4-2/h3-6,10-13,18H,1-2,7-9H2/t10-,11+,12+,13-,15-/m1/s1. The maximum atomic E-state index is 12.5. The minimum absolute atomic E-state index is 0.0259. The summed E-state index contributed by atoms with van der Waals surface area (Å²) < 4.78 is 0. The number of amides is 1. The Balaban J connectivity index is 2.02. The summed E-state index contributed by atoms with van der Waals surface area (Å²) in [5, 5.41) is 11.0. The molecule has 1 saturated carbocycles. The van der Waals surface area contributed by atoms with Gasteiger partial charge in [-0.25, -0.2) is 0 Å². The summed E-state index contributed by atoms with van der Waals surface area (Å²) in [6.45, 7) is 7.82. The summed E-state index contributed by atoms with van der Waals surface area (Å²) in [5.74, 6) is 0.728. The average Bonchev–Trinajstić information content (AvgIpc) is 2.99. The maximum absolute atomic E-state index is 12.5. The van der Waals surface area contributed by atoms with Gasteiger partial charge in [-0.1, -0.05) is 24.3 Å². The second kappa shape index (κ2) is 3.82. The van der Waals surface area contributed by atoms with Gasteiger partial charge in [0.25, 0.3) is 0 Å². The monoisotopic (exact) mass is 245 g/mol. The summed E-state index contributed by atoms with van der Waals surface area (Å²) in [4.78, 5) is 14.1. The molecule has 1 aliphatic heterocycles. The summed E-state index contributed by atoms with van der Waals surface area (Å²) in [6, 6.07) is 0. The van der Waals surface area contributed by atoms with Crippen molar-refractivity contribution in [3.63, 3.8) is 0 Å². The van der Waals surface area contributed by atoms with Crippen LogP contribution in [0.4, 0.5) is 0 Å². The van der Waals surface area contributed by atoms with Crippen LogP contribution in [0.2, 0.25) is 0 Å². The molecule has 1 amide bonds. The molecule has 5 atom stereocenters. The van der Waals surface area contributed by atoms with Crippen LogP contribution in [-0.4, -0.2) is 28.2 Å². The first-order valence-electron chi connectivity index (χ1n) is 6.57. The van der Waals surface area contributed by atoms with Gasteiger partial charge in [-0.05, 0) is 18.3 Å². The molecular weight excluding hydrogens is 226 g/mol. The Morgan fingerprint density at radius 3 is 2.78 bits per heavy atom. The van der Waals surface area contributed by atoms with Gasteiger partial charge in [-0.15, -0.1) is 13.2 Å². The molecule has 3 rings (SSSR count). The van der Waals surface area contributed by atoms with Gasteiger partial charge in [-0.3, -0.25) is 4.79 Å². The Bertz CT molecular complexity index is 442. The topological polar surface area (TPSA) is 40.5 Å². The zero-order chi connectivity index (χ0) is 12.9. The molecule has 18 heavy (non-hydrogen) atoms. The number of fused-ring (bicyclic) bond motifs is 5. The normalized spacial score (nSPS) is 44.5. The Kier molecular flexibility index (Phi) is 2.49. The molecule has 3 heteroatoms.